The fourth-order valence-electron chi connectivity index (χ4n) is 3.51. The Morgan fingerprint density at radius 3 is 2.75 bits per heavy atom. The minimum Gasteiger partial charge on any atom is -0.486 e. The van der Waals surface area contributed by atoms with E-state index in [4.69, 9.17) is 39.1 Å². The van der Waals surface area contributed by atoms with E-state index in [9.17, 15) is 0 Å². The van der Waals surface area contributed by atoms with Crippen molar-refractivity contribution < 1.29 is 9.47 Å². The van der Waals surface area contributed by atoms with Crippen molar-refractivity contribution in [3.05, 3.63) is 51.9 Å². The summed E-state index contributed by atoms with van der Waals surface area (Å²) in [6, 6.07) is 5.75. The summed E-state index contributed by atoms with van der Waals surface area (Å²) in [5, 5.41) is 6.37. The number of nitrogens with zero attached hydrogens (tertiary/aromatic N) is 3. The summed E-state index contributed by atoms with van der Waals surface area (Å²) in [5.74, 6) is 3.32. The first kappa shape index (κ1) is 19.1. The number of ether oxygens (including phenoxy) is 2. The third-order valence-corrected chi connectivity index (χ3v) is 5.45. The van der Waals surface area contributed by atoms with Gasteiger partial charge in [-0.25, -0.2) is 4.68 Å². The van der Waals surface area contributed by atoms with Gasteiger partial charge >= 0.3 is 0 Å². The molecule has 0 bridgehead atoms. The Hall–Kier alpha value is -2.26. The fraction of sp³-hybridized carbons (Fsp3) is 0.333. The molecular weight excluding hydrogens is 397 g/mol. The van der Waals surface area contributed by atoms with Gasteiger partial charge in [-0.05, 0) is 50.3 Å². The average molecular weight is 416 g/mol. The van der Waals surface area contributed by atoms with Gasteiger partial charge in [-0.3, -0.25) is 4.98 Å². The maximum atomic E-state index is 6.24. The van der Waals surface area contributed by atoms with Crippen LogP contribution in [0.4, 0.5) is 0 Å². The molecule has 2 aromatic heterocycles. The van der Waals surface area contributed by atoms with Crippen molar-refractivity contribution in [2.24, 2.45) is 0 Å². The van der Waals surface area contributed by atoms with E-state index >= 15 is 0 Å². The molecule has 0 radical (unpaired) electrons. The van der Waals surface area contributed by atoms with Crippen molar-refractivity contribution in [3.8, 4) is 18.1 Å². The highest BCUT2D eigenvalue weighted by atomic mass is 35.5. The van der Waals surface area contributed by atoms with Gasteiger partial charge in [-0.2, -0.15) is 5.10 Å². The number of aromatic nitrogens is 3. The van der Waals surface area contributed by atoms with Gasteiger partial charge in [0, 0.05) is 30.0 Å². The second-order valence-electron chi connectivity index (χ2n) is 6.71. The second-order valence-corrected chi connectivity index (χ2v) is 7.53. The van der Waals surface area contributed by atoms with Crippen molar-refractivity contribution >= 4 is 34.1 Å². The summed E-state index contributed by atoms with van der Waals surface area (Å²) >= 11 is 12.5. The maximum Gasteiger partial charge on any atom is 0.150 e. The summed E-state index contributed by atoms with van der Waals surface area (Å²) in [6.07, 6.45) is 11.5. The molecule has 1 fully saturated rings. The number of hydrogen-bond donors (Lipinski definition) is 0. The number of hydrogen-bond acceptors (Lipinski definition) is 4. The number of fused-ring (bicyclic) bond motifs is 1. The Kier molecular flexibility index (Phi) is 5.45. The van der Waals surface area contributed by atoms with Gasteiger partial charge in [0.25, 0.3) is 0 Å². The molecule has 2 atom stereocenters. The topological polar surface area (TPSA) is 49.2 Å². The molecule has 0 N–H and O–H groups in total. The number of terminal acetylenes is 1. The smallest absolute Gasteiger partial charge is 0.150 e. The summed E-state index contributed by atoms with van der Waals surface area (Å²) in [4.78, 5) is 3.98. The number of rotatable bonds is 4. The zero-order valence-corrected chi connectivity index (χ0v) is 16.9. The van der Waals surface area contributed by atoms with Gasteiger partial charge < -0.3 is 9.47 Å². The first-order valence-electron chi connectivity index (χ1n) is 9.14. The quantitative estimate of drug-likeness (QED) is 0.523. The molecule has 1 aromatic carbocycles. The van der Waals surface area contributed by atoms with Crippen LogP contribution in [0.25, 0.3) is 10.9 Å². The molecule has 0 amide bonds. The van der Waals surface area contributed by atoms with E-state index in [1.807, 2.05) is 29.8 Å². The molecule has 2 unspecified atom stereocenters. The molecule has 4 rings (SSSR count). The molecule has 0 spiro atoms. The third kappa shape index (κ3) is 3.56. The number of benzene rings is 1. The summed E-state index contributed by atoms with van der Waals surface area (Å²) in [5.41, 5.74) is 2.20. The lowest BCUT2D eigenvalue weighted by molar-refractivity contribution is -0.0367. The van der Waals surface area contributed by atoms with E-state index in [0.29, 0.717) is 27.1 Å². The maximum absolute atomic E-state index is 6.24. The van der Waals surface area contributed by atoms with Crippen molar-refractivity contribution in [3.63, 3.8) is 0 Å². The van der Waals surface area contributed by atoms with E-state index < -0.39 is 0 Å². The first-order chi connectivity index (χ1) is 13.6. The van der Waals surface area contributed by atoms with Gasteiger partial charge in [0.05, 0.1) is 15.6 Å². The van der Waals surface area contributed by atoms with Crippen LogP contribution < -0.4 is 4.74 Å². The molecule has 5 nitrogen and oxygen atoms in total. The lowest BCUT2D eigenvalue weighted by Crippen LogP contribution is -2.19. The lowest BCUT2D eigenvalue weighted by Gasteiger charge is -2.23. The largest absolute Gasteiger partial charge is 0.486 e. The minimum absolute atomic E-state index is 0.0847. The van der Waals surface area contributed by atoms with Crippen molar-refractivity contribution in [1.82, 2.24) is 14.8 Å². The SMILES string of the molecule is C#Cc1nn(C2CCCCO2)c2ccc(OC(C)c3c(Cl)cncc3Cl)cc12. The van der Waals surface area contributed by atoms with Gasteiger partial charge in [0.15, 0.2) is 6.23 Å². The van der Waals surface area contributed by atoms with Crippen LogP contribution in [-0.2, 0) is 4.74 Å². The van der Waals surface area contributed by atoms with E-state index in [0.717, 1.165) is 36.8 Å². The Labute approximate surface area is 173 Å². The summed E-state index contributed by atoms with van der Waals surface area (Å²) < 4.78 is 13.8. The predicted molar refractivity (Wildman–Crippen MR) is 110 cm³/mol. The first-order valence-corrected chi connectivity index (χ1v) is 9.90. The molecule has 3 aromatic rings. The molecule has 28 heavy (non-hydrogen) atoms. The van der Waals surface area contributed by atoms with Crippen LogP contribution in [0.5, 0.6) is 5.75 Å². The Morgan fingerprint density at radius 1 is 1.29 bits per heavy atom. The molecule has 7 heteroatoms. The van der Waals surface area contributed by atoms with E-state index in [1.165, 1.54) is 0 Å². The highest BCUT2D eigenvalue weighted by Gasteiger charge is 2.22. The molecule has 0 saturated carbocycles. The van der Waals surface area contributed by atoms with Crippen LogP contribution in [0.3, 0.4) is 0 Å². The molecule has 1 aliphatic rings. The molecule has 1 saturated heterocycles. The number of halogens is 2. The van der Waals surface area contributed by atoms with Crippen molar-refractivity contribution in [2.45, 2.75) is 38.5 Å². The monoisotopic (exact) mass is 415 g/mol. The van der Waals surface area contributed by atoms with Gasteiger partial charge in [-0.1, -0.05) is 23.2 Å². The van der Waals surface area contributed by atoms with Crippen molar-refractivity contribution in [2.75, 3.05) is 6.61 Å². The Balaban J connectivity index is 1.67. The molecular formula is C21H19Cl2N3O2. The predicted octanol–water partition coefficient (Wildman–Crippen LogP) is 5.56. The molecule has 144 valence electrons. The van der Waals surface area contributed by atoms with Gasteiger partial charge in [0.1, 0.15) is 17.5 Å². The third-order valence-electron chi connectivity index (χ3n) is 4.85. The van der Waals surface area contributed by atoms with E-state index in [2.05, 4.69) is 16.0 Å². The van der Waals surface area contributed by atoms with Crippen LogP contribution in [0, 0.1) is 12.3 Å². The normalized spacial score (nSPS) is 18.0. The summed E-state index contributed by atoms with van der Waals surface area (Å²) in [6.45, 7) is 2.63. The van der Waals surface area contributed by atoms with Gasteiger partial charge in [0.2, 0.25) is 0 Å². The molecule has 1 aliphatic heterocycles. The zero-order valence-electron chi connectivity index (χ0n) is 15.4. The number of pyridine rings is 1. The van der Waals surface area contributed by atoms with Gasteiger partial charge in [-0.15, -0.1) is 6.42 Å². The fourth-order valence-corrected chi connectivity index (χ4v) is 4.18. The van der Waals surface area contributed by atoms with E-state index in [-0.39, 0.29) is 12.3 Å². The minimum atomic E-state index is -0.355. The van der Waals surface area contributed by atoms with E-state index in [1.54, 1.807) is 12.4 Å². The standard InChI is InChI=1S/C21H19Cl2N3O2/c1-3-18-15-10-14(28-13(2)21-16(22)11-24-12-17(21)23)7-8-19(15)26(25-18)20-6-4-5-9-27-20/h1,7-8,10-13,20H,4-6,9H2,2H3. The van der Waals surface area contributed by atoms with Crippen LogP contribution in [0.2, 0.25) is 10.0 Å². The highest BCUT2D eigenvalue weighted by molar-refractivity contribution is 6.35. The van der Waals surface area contributed by atoms with Crippen molar-refractivity contribution in [1.29, 1.82) is 0 Å². The zero-order chi connectivity index (χ0) is 19.7. The highest BCUT2D eigenvalue weighted by Crippen LogP contribution is 2.34. The van der Waals surface area contributed by atoms with Crippen LogP contribution in [0.1, 0.15) is 49.8 Å². The van der Waals surface area contributed by atoms with Crippen LogP contribution >= 0.6 is 23.2 Å². The Bertz CT molecular complexity index is 1030. The van der Waals surface area contributed by atoms with Crippen LogP contribution in [0.15, 0.2) is 30.6 Å². The second kappa shape index (κ2) is 8.00. The van der Waals surface area contributed by atoms with Crippen LogP contribution in [-0.4, -0.2) is 21.4 Å². The molecule has 3 heterocycles. The summed E-state index contributed by atoms with van der Waals surface area (Å²) in [7, 11) is 0. The average Bonchev–Trinajstić information content (AvgIpc) is 3.06. The lowest BCUT2D eigenvalue weighted by atomic mass is 10.1. The molecule has 0 aliphatic carbocycles. The Morgan fingerprint density at radius 2 is 2.07 bits per heavy atom.